The molecule has 0 fully saturated rings. The molecule has 2 N–H and O–H groups in total. The lowest BCUT2D eigenvalue weighted by Crippen LogP contribution is -2.03. The van der Waals surface area contributed by atoms with E-state index in [0.29, 0.717) is 17.6 Å². The second-order valence-electron chi connectivity index (χ2n) is 6.74. The fourth-order valence-corrected chi connectivity index (χ4v) is 3.24. The Morgan fingerprint density at radius 1 is 1.04 bits per heavy atom. The van der Waals surface area contributed by atoms with Crippen LogP contribution in [0.15, 0.2) is 54.7 Å². The zero-order valence-corrected chi connectivity index (χ0v) is 16.0. The van der Waals surface area contributed by atoms with E-state index in [1.807, 2.05) is 53.1 Å². The Morgan fingerprint density at radius 2 is 1.81 bits per heavy atom. The van der Waals surface area contributed by atoms with E-state index in [-0.39, 0.29) is 0 Å². The van der Waals surface area contributed by atoms with E-state index in [2.05, 4.69) is 18.8 Å². The van der Waals surface area contributed by atoms with Crippen LogP contribution in [0.5, 0.6) is 0 Å². The molecule has 136 valence electrons. The number of halogens is 1. The zero-order chi connectivity index (χ0) is 19.0. The summed E-state index contributed by atoms with van der Waals surface area (Å²) in [5.74, 6) is 1.96. The van der Waals surface area contributed by atoms with Crippen LogP contribution in [-0.4, -0.2) is 19.5 Å². The van der Waals surface area contributed by atoms with Crippen molar-refractivity contribution in [3.63, 3.8) is 0 Å². The minimum atomic E-state index is 0.322. The molecule has 4 rings (SSSR count). The number of rotatable bonds is 4. The van der Waals surface area contributed by atoms with Crippen LogP contribution in [0.2, 0.25) is 0 Å². The van der Waals surface area contributed by atoms with Crippen molar-refractivity contribution in [1.82, 2.24) is 19.5 Å². The van der Waals surface area contributed by atoms with Crippen molar-refractivity contribution in [3.8, 4) is 17.1 Å². The van der Waals surface area contributed by atoms with E-state index in [0.717, 1.165) is 39.5 Å². The maximum Gasteiger partial charge on any atom is 0.165 e. The Kier molecular flexibility index (Phi) is 4.54. The number of imidazole rings is 1. The molecular formula is C21H20ClN5. The highest BCUT2D eigenvalue weighted by atomic mass is 35.5. The monoisotopic (exact) mass is 377 g/mol. The zero-order valence-electron chi connectivity index (χ0n) is 15.2. The number of nitrogen functional groups attached to an aromatic ring is 1. The van der Waals surface area contributed by atoms with E-state index in [9.17, 15) is 0 Å². The topological polar surface area (TPSA) is 69.6 Å². The first-order chi connectivity index (χ1) is 13.1. The van der Waals surface area contributed by atoms with Gasteiger partial charge in [-0.3, -0.25) is 4.57 Å². The molecule has 27 heavy (non-hydrogen) atoms. The molecule has 6 heteroatoms. The molecule has 3 aromatic heterocycles. The predicted molar refractivity (Wildman–Crippen MR) is 110 cm³/mol. The average Bonchev–Trinajstić information content (AvgIpc) is 3.06. The van der Waals surface area contributed by atoms with Gasteiger partial charge in [0.2, 0.25) is 0 Å². The van der Waals surface area contributed by atoms with Gasteiger partial charge < -0.3 is 5.73 Å². The number of hydrogen-bond acceptors (Lipinski definition) is 4. The normalized spacial score (nSPS) is 11.4. The minimum absolute atomic E-state index is 0.322. The van der Waals surface area contributed by atoms with Crippen molar-refractivity contribution in [2.75, 3.05) is 5.73 Å². The van der Waals surface area contributed by atoms with Gasteiger partial charge in [0.05, 0.1) is 5.56 Å². The first-order valence-electron chi connectivity index (χ1n) is 8.84. The highest BCUT2D eigenvalue weighted by Gasteiger charge is 2.18. The van der Waals surface area contributed by atoms with Gasteiger partial charge in [0.25, 0.3) is 0 Å². The molecule has 0 aliphatic rings. The van der Waals surface area contributed by atoms with Crippen LogP contribution in [0.3, 0.4) is 0 Å². The van der Waals surface area contributed by atoms with Crippen molar-refractivity contribution in [1.29, 1.82) is 0 Å². The number of benzene rings is 1. The molecule has 0 radical (unpaired) electrons. The number of pyridine rings is 2. The van der Waals surface area contributed by atoms with Crippen molar-refractivity contribution in [2.24, 2.45) is 0 Å². The third kappa shape index (κ3) is 3.15. The van der Waals surface area contributed by atoms with Gasteiger partial charge >= 0.3 is 0 Å². The third-order valence-electron chi connectivity index (χ3n) is 4.55. The highest BCUT2D eigenvalue weighted by Crippen LogP contribution is 2.31. The van der Waals surface area contributed by atoms with Gasteiger partial charge in [-0.2, -0.15) is 0 Å². The van der Waals surface area contributed by atoms with Gasteiger partial charge in [0.1, 0.15) is 11.3 Å². The van der Waals surface area contributed by atoms with Crippen LogP contribution < -0.4 is 5.73 Å². The van der Waals surface area contributed by atoms with Crippen LogP contribution in [0.1, 0.15) is 31.0 Å². The van der Waals surface area contributed by atoms with Gasteiger partial charge in [0.15, 0.2) is 11.5 Å². The molecular weight excluding hydrogens is 358 g/mol. The summed E-state index contributed by atoms with van der Waals surface area (Å²) in [5, 5.41) is 0. The smallest absolute Gasteiger partial charge is 0.165 e. The molecule has 0 aliphatic carbocycles. The summed E-state index contributed by atoms with van der Waals surface area (Å²) in [7, 11) is 0. The molecule has 0 atom stereocenters. The van der Waals surface area contributed by atoms with Crippen LogP contribution in [0.25, 0.3) is 28.2 Å². The van der Waals surface area contributed by atoms with E-state index >= 15 is 0 Å². The first kappa shape index (κ1) is 17.5. The van der Waals surface area contributed by atoms with Crippen molar-refractivity contribution in [3.05, 3.63) is 66.0 Å². The fourth-order valence-electron chi connectivity index (χ4n) is 3.06. The molecule has 5 nitrogen and oxygen atoms in total. The summed E-state index contributed by atoms with van der Waals surface area (Å²) >= 11 is 5.95. The lowest BCUT2D eigenvalue weighted by Gasteiger charge is -2.11. The van der Waals surface area contributed by atoms with Gasteiger partial charge in [-0.1, -0.05) is 26.0 Å². The number of nitrogens with two attached hydrogens (primary N) is 1. The molecule has 0 spiro atoms. The summed E-state index contributed by atoms with van der Waals surface area (Å²) in [5.41, 5.74) is 11.6. The van der Waals surface area contributed by atoms with Gasteiger partial charge in [-0.05, 0) is 47.9 Å². The lowest BCUT2D eigenvalue weighted by molar-refractivity contribution is 0.826. The van der Waals surface area contributed by atoms with E-state index < -0.39 is 0 Å². The maximum absolute atomic E-state index is 6.14. The van der Waals surface area contributed by atoms with Crippen molar-refractivity contribution in [2.45, 2.75) is 25.6 Å². The Bertz CT molecular complexity index is 1100. The Balaban J connectivity index is 2.03. The van der Waals surface area contributed by atoms with Crippen LogP contribution in [-0.2, 0) is 5.88 Å². The lowest BCUT2D eigenvalue weighted by atomic mass is 10.1. The molecule has 0 saturated heterocycles. The molecule has 1 aromatic carbocycles. The number of alkyl halides is 1. The second kappa shape index (κ2) is 7.00. The summed E-state index contributed by atoms with van der Waals surface area (Å²) < 4.78 is 2.03. The molecule has 0 unspecified atom stereocenters. The van der Waals surface area contributed by atoms with Crippen LogP contribution in [0, 0.1) is 0 Å². The largest absolute Gasteiger partial charge is 0.383 e. The minimum Gasteiger partial charge on any atom is -0.383 e. The third-order valence-corrected chi connectivity index (χ3v) is 4.85. The molecule has 0 saturated carbocycles. The maximum atomic E-state index is 6.14. The van der Waals surface area contributed by atoms with Gasteiger partial charge in [-0.25, -0.2) is 15.0 Å². The Morgan fingerprint density at radius 3 is 2.48 bits per heavy atom. The van der Waals surface area contributed by atoms with Crippen LogP contribution in [0.4, 0.5) is 5.82 Å². The SMILES string of the molecule is CC(C)c1ccc2nc(-c3cccnc3N)n(-c3ccc(CCl)cc3)c2n1. The molecule has 0 amide bonds. The highest BCUT2D eigenvalue weighted by molar-refractivity contribution is 6.17. The molecule has 0 bridgehead atoms. The fraction of sp³-hybridized carbons (Fsp3) is 0.190. The summed E-state index contributed by atoms with van der Waals surface area (Å²) in [4.78, 5) is 13.9. The number of fused-ring (bicyclic) bond motifs is 1. The van der Waals surface area contributed by atoms with E-state index in [1.165, 1.54) is 0 Å². The van der Waals surface area contributed by atoms with E-state index in [4.69, 9.17) is 27.3 Å². The quantitative estimate of drug-likeness (QED) is 0.512. The van der Waals surface area contributed by atoms with Crippen molar-refractivity contribution < 1.29 is 0 Å². The van der Waals surface area contributed by atoms with Gasteiger partial charge in [0, 0.05) is 23.5 Å². The number of aromatic nitrogens is 4. The Labute approximate surface area is 162 Å². The average molecular weight is 378 g/mol. The van der Waals surface area contributed by atoms with Crippen LogP contribution >= 0.6 is 11.6 Å². The molecule has 3 heterocycles. The number of anilines is 1. The predicted octanol–water partition coefficient (Wildman–Crippen LogP) is 4.93. The van der Waals surface area contributed by atoms with E-state index in [1.54, 1.807) is 6.20 Å². The van der Waals surface area contributed by atoms with Gasteiger partial charge in [-0.15, -0.1) is 11.6 Å². The Hall–Kier alpha value is -2.92. The standard InChI is InChI=1S/C21H20ClN5/c1-13(2)17-9-10-18-21(25-17)27(15-7-5-14(12-22)6-8-15)20(26-18)16-4-3-11-24-19(16)23/h3-11,13H,12H2,1-2H3,(H2,23,24). The molecule has 0 aliphatic heterocycles. The summed E-state index contributed by atoms with van der Waals surface area (Å²) in [6, 6.07) is 15.9. The number of nitrogens with zero attached hydrogens (tertiary/aromatic N) is 4. The summed E-state index contributed by atoms with van der Waals surface area (Å²) in [6.07, 6.45) is 1.68. The first-order valence-corrected chi connectivity index (χ1v) is 9.37. The molecule has 4 aromatic rings. The van der Waals surface area contributed by atoms with Crippen molar-refractivity contribution >= 4 is 28.6 Å². The summed E-state index contributed by atoms with van der Waals surface area (Å²) in [6.45, 7) is 4.26. The second-order valence-corrected chi connectivity index (χ2v) is 7.01. The number of hydrogen-bond donors (Lipinski definition) is 1.